The van der Waals surface area contributed by atoms with Crippen molar-refractivity contribution in [1.82, 2.24) is 9.13 Å². The van der Waals surface area contributed by atoms with E-state index in [0.717, 1.165) is 0 Å². The Morgan fingerprint density at radius 2 is 1.95 bits per heavy atom. The van der Waals surface area contributed by atoms with Crippen LogP contribution in [-0.2, 0) is 6.54 Å². The van der Waals surface area contributed by atoms with Crippen LogP contribution >= 0.6 is 0 Å². The molecule has 0 radical (unpaired) electrons. The Morgan fingerprint density at radius 1 is 1.26 bits per heavy atom. The SMILES string of the molecule is CC(C)n1ccn(CC(O)c2ccccc2F)c1=O. The Kier molecular flexibility index (Phi) is 3.85. The van der Waals surface area contributed by atoms with Crippen LogP contribution in [0.1, 0.15) is 31.6 Å². The zero-order valence-electron chi connectivity index (χ0n) is 11.0. The normalized spacial score (nSPS) is 12.9. The minimum atomic E-state index is -1.04. The highest BCUT2D eigenvalue weighted by atomic mass is 19.1. The van der Waals surface area contributed by atoms with Gasteiger partial charge < -0.3 is 5.11 Å². The molecule has 0 aliphatic rings. The van der Waals surface area contributed by atoms with Crippen molar-refractivity contribution < 1.29 is 9.50 Å². The van der Waals surface area contributed by atoms with Crippen molar-refractivity contribution >= 4 is 0 Å². The maximum absolute atomic E-state index is 13.5. The Hall–Kier alpha value is -1.88. The standard InChI is InChI=1S/C14H17FN2O2/c1-10(2)17-8-7-16(14(17)19)9-13(18)11-5-3-4-6-12(11)15/h3-8,10,13,18H,9H2,1-2H3. The fourth-order valence-electron chi connectivity index (χ4n) is 1.99. The molecule has 0 fully saturated rings. The van der Waals surface area contributed by atoms with Gasteiger partial charge in [0, 0.05) is 24.0 Å². The first-order valence-corrected chi connectivity index (χ1v) is 6.20. The molecule has 1 N–H and O–H groups in total. The van der Waals surface area contributed by atoms with Crippen molar-refractivity contribution in [3.05, 3.63) is 58.5 Å². The number of aromatic nitrogens is 2. The van der Waals surface area contributed by atoms with E-state index in [1.807, 2.05) is 13.8 Å². The quantitative estimate of drug-likeness (QED) is 0.919. The van der Waals surface area contributed by atoms with Gasteiger partial charge in [-0.15, -0.1) is 0 Å². The molecule has 0 saturated heterocycles. The minimum Gasteiger partial charge on any atom is -0.386 e. The van der Waals surface area contributed by atoms with E-state index in [2.05, 4.69) is 0 Å². The molecule has 1 aromatic heterocycles. The molecular formula is C14H17FN2O2. The van der Waals surface area contributed by atoms with Crippen molar-refractivity contribution in [1.29, 1.82) is 0 Å². The summed E-state index contributed by atoms with van der Waals surface area (Å²) in [5.41, 5.74) is -0.00270. The fraction of sp³-hybridized carbons (Fsp3) is 0.357. The highest BCUT2D eigenvalue weighted by molar-refractivity contribution is 5.19. The maximum atomic E-state index is 13.5. The first-order valence-electron chi connectivity index (χ1n) is 6.20. The number of aliphatic hydroxyl groups is 1. The van der Waals surface area contributed by atoms with Crippen LogP contribution in [-0.4, -0.2) is 14.2 Å². The number of nitrogens with zero attached hydrogens (tertiary/aromatic N) is 2. The van der Waals surface area contributed by atoms with Crippen LogP contribution in [0.15, 0.2) is 41.5 Å². The number of halogens is 1. The second kappa shape index (κ2) is 5.40. The van der Waals surface area contributed by atoms with Gasteiger partial charge in [-0.2, -0.15) is 0 Å². The monoisotopic (exact) mass is 264 g/mol. The number of imidazole rings is 1. The number of benzene rings is 1. The second-order valence-electron chi connectivity index (χ2n) is 4.77. The minimum absolute atomic E-state index is 0.0412. The zero-order chi connectivity index (χ0) is 14.0. The lowest BCUT2D eigenvalue weighted by molar-refractivity contribution is 0.150. The second-order valence-corrected chi connectivity index (χ2v) is 4.77. The van der Waals surface area contributed by atoms with Crippen LogP contribution < -0.4 is 5.69 Å². The molecule has 1 heterocycles. The molecule has 4 nitrogen and oxygen atoms in total. The molecule has 0 bridgehead atoms. The Morgan fingerprint density at radius 3 is 2.53 bits per heavy atom. The molecule has 5 heteroatoms. The lowest BCUT2D eigenvalue weighted by Crippen LogP contribution is -2.27. The van der Waals surface area contributed by atoms with Crippen LogP contribution in [0.4, 0.5) is 4.39 Å². The van der Waals surface area contributed by atoms with Gasteiger partial charge in [-0.3, -0.25) is 9.13 Å². The third kappa shape index (κ3) is 2.76. The predicted octanol–water partition coefficient (Wildman–Crippen LogP) is 2.10. The maximum Gasteiger partial charge on any atom is 0.328 e. The van der Waals surface area contributed by atoms with Crippen molar-refractivity contribution in [3.8, 4) is 0 Å². The molecule has 1 aromatic carbocycles. The van der Waals surface area contributed by atoms with Crippen molar-refractivity contribution in [3.63, 3.8) is 0 Å². The highest BCUT2D eigenvalue weighted by Gasteiger charge is 2.15. The van der Waals surface area contributed by atoms with Crippen molar-refractivity contribution in [2.45, 2.75) is 32.5 Å². The molecule has 2 aromatic rings. The van der Waals surface area contributed by atoms with E-state index < -0.39 is 11.9 Å². The van der Waals surface area contributed by atoms with Gasteiger partial charge >= 0.3 is 5.69 Å². The summed E-state index contributed by atoms with van der Waals surface area (Å²) in [7, 11) is 0. The van der Waals surface area contributed by atoms with E-state index in [1.54, 1.807) is 29.1 Å². The molecule has 1 unspecified atom stereocenters. The molecule has 0 amide bonds. The summed E-state index contributed by atoms with van der Waals surface area (Å²) in [5.74, 6) is -0.466. The molecule has 0 aliphatic heterocycles. The molecule has 0 spiro atoms. The molecule has 0 aliphatic carbocycles. The third-order valence-corrected chi connectivity index (χ3v) is 3.06. The van der Waals surface area contributed by atoms with Gasteiger partial charge in [-0.25, -0.2) is 9.18 Å². The summed E-state index contributed by atoms with van der Waals surface area (Å²) in [5, 5.41) is 10.0. The van der Waals surface area contributed by atoms with E-state index in [4.69, 9.17) is 0 Å². The van der Waals surface area contributed by atoms with Crippen LogP contribution in [0.5, 0.6) is 0 Å². The smallest absolute Gasteiger partial charge is 0.328 e. The zero-order valence-corrected chi connectivity index (χ0v) is 11.0. The van der Waals surface area contributed by atoms with Crippen molar-refractivity contribution in [2.24, 2.45) is 0 Å². The average molecular weight is 264 g/mol. The topological polar surface area (TPSA) is 47.2 Å². The summed E-state index contributed by atoms with van der Waals surface area (Å²) in [6.45, 7) is 3.84. The number of rotatable bonds is 4. The Labute approximate surface area is 110 Å². The lowest BCUT2D eigenvalue weighted by Gasteiger charge is -2.12. The molecule has 2 rings (SSSR count). The summed E-state index contributed by atoms with van der Waals surface area (Å²) >= 11 is 0. The number of hydrogen-bond acceptors (Lipinski definition) is 2. The van der Waals surface area contributed by atoms with E-state index in [0.29, 0.717) is 0 Å². The van der Waals surface area contributed by atoms with Crippen LogP contribution in [0.2, 0.25) is 0 Å². The lowest BCUT2D eigenvalue weighted by atomic mass is 10.1. The van der Waals surface area contributed by atoms with E-state index in [9.17, 15) is 14.3 Å². The first kappa shape index (κ1) is 13.5. The largest absolute Gasteiger partial charge is 0.386 e. The third-order valence-electron chi connectivity index (χ3n) is 3.06. The van der Waals surface area contributed by atoms with Gasteiger partial charge in [0.05, 0.1) is 12.6 Å². The number of aliphatic hydroxyl groups excluding tert-OH is 1. The first-order chi connectivity index (χ1) is 9.00. The fourth-order valence-corrected chi connectivity index (χ4v) is 1.99. The van der Waals surface area contributed by atoms with Crippen LogP contribution in [0.3, 0.4) is 0 Å². The van der Waals surface area contributed by atoms with Crippen LogP contribution in [0.25, 0.3) is 0 Å². The molecule has 0 saturated carbocycles. The summed E-state index contributed by atoms with van der Waals surface area (Å²) < 4.78 is 16.5. The van der Waals surface area contributed by atoms with Crippen LogP contribution in [0, 0.1) is 5.82 Å². The highest BCUT2D eigenvalue weighted by Crippen LogP contribution is 2.17. The van der Waals surface area contributed by atoms with E-state index in [1.165, 1.54) is 16.7 Å². The van der Waals surface area contributed by atoms with Crippen molar-refractivity contribution in [2.75, 3.05) is 0 Å². The van der Waals surface area contributed by atoms with Gasteiger partial charge in [0.15, 0.2) is 0 Å². The Balaban J connectivity index is 2.23. The van der Waals surface area contributed by atoms with Gasteiger partial charge in [0.25, 0.3) is 0 Å². The predicted molar refractivity (Wildman–Crippen MR) is 70.4 cm³/mol. The Bertz CT molecular complexity index is 616. The van der Waals surface area contributed by atoms with Gasteiger partial charge in [-0.05, 0) is 19.9 Å². The molecule has 1 atom stereocenters. The number of hydrogen-bond donors (Lipinski definition) is 1. The van der Waals surface area contributed by atoms with Gasteiger partial charge in [-0.1, -0.05) is 18.2 Å². The summed E-state index contributed by atoms with van der Waals surface area (Å²) in [6, 6.07) is 6.08. The molecular weight excluding hydrogens is 247 g/mol. The summed E-state index contributed by atoms with van der Waals surface area (Å²) in [6.07, 6.45) is 2.23. The van der Waals surface area contributed by atoms with E-state index in [-0.39, 0.29) is 23.8 Å². The summed E-state index contributed by atoms with van der Waals surface area (Å²) in [4.78, 5) is 12.0. The van der Waals surface area contributed by atoms with Gasteiger partial charge in [0.1, 0.15) is 5.82 Å². The molecule has 19 heavy (non-hydrogen) atoms. The molecule has 102 valence electrons. The average Bonchev–Trinajstić information content (AvgIpc) is 2.71. The van der Waals surface area contributed by atoms with Gasteiger partial charge in [0.2, 0.25) is 0 Å². The van der Waals surface area contributed by atoms with E-state index >= 15 is 0 Å².